The Balaban J connectivity index is 2.00. The van der Waals surface area contributed by atoms with Gasteiger partial charge in [-0.2, -0.15) is 5.10 Å². The molecule has 0 aliphatic carbocycles. The third-order valence-electron chi connectivity index (χ3n) is 2.32. The SMILES string of the molecule is Cc1ccsc1C(=O)N/N=C/c1cccc(O)c1. The van der Waals surface area contributed by atoms with Gasteiger partial charge in [-0.15, -0.1) is 11.3 Å². The molecule has 1 aromatic heterocycles. The number of phenolic OH excluding ortho intramolecular Hbond substituents is 1. The van der Waals surface area contributed by atoms with E-state index in [0.29, 0.717) is 4.88 Å². The van der Waals surface area contributed by atoms with Gasteiger partial charge in [-0.1, -0.05) is 12.1 Å². The second kappa shape index (κ2) is 5.46. The van der Waals surface area contributed by atoms with Crippen LogP contribution in [0.2, 0.25) is 0 Å². The van der Waals surface area contributed by atoms with E-state index < -0.39 is 0 Å². The molecule has 0 spiro atoms. The molecule has 0 aliphatic rings. The molecule has 0 radical (unpaired) electrons. The molecule has 5 heteroatoms. The highest BCUT2D eigenvalue weighted by atomic mass is 32.1. The van der Waals surface area contributed by atoms with E-state index in [1.165, 1.54) is 17.6 Å². The number of amides is 1. The number of thiophene rings is 1. The monoisotopic (exact) mass is 260 g/mol. The Morgan fingerprint density at radius 1 is 1.44 bits per heavy atom. The van der Waals surface area contributed by atoms with Crippen LogP contribution in [0.1, 0.15) is 20.8 Å². The lowest BCUT2D eigenvalue weighted by molar-refractivity contribution is 0.0958. The molecule has 0 saturated heterocycles. The molecule has 0 unspecified atom stereocenters. The van der Waals surface area contributed by atoms with Gasteiger partial charge in [-0.05, 0) is 41.6 Å². The third-order valence-corrected chi connectivity index (χ3v) is 3.33. The smallest absolute Gasteiger partial charge is 0.281 e. The summed E-state index contributed by atoms with van der Waals surface area (Å²) in [5.41, 5.74) is 4.11. The van der Waals surface area contributed by atoms with Gasteiger partial charge >= 0.3 is 0 Å². The normalized spacial score (nSPS) is 10.7. The Kier molecular flexibility index (Phi) is 3.74. The van der Waals surface area contributed by atoms with E-state index in [2.05, 4.69) is 10.5 Å². The molecular weight excluding hydrogens is 248 g/mol. The number of nitrogens with zero attached hydrogens (tertiary/aromatic N) is 1. The maximum absolute atomic E-state index is 11.7. The van der Waals surface area contributed by atoms with Crippen LogP contribution >= 0.6 is 11.3 Å². The van der Waals surface area contributed by atoms with Gasteiger partial charge in [0.05, 0.1) is 11.1 Å². The van der Waals surface area contributed by atoms with Crippen molar-refractivity contribution in [2.75, 3.05) is 0 Å². The lowest BCUT2D eigenvalue weighted by Gasteiger charge is -1.98. The first kappa shape index (κ1) is 12.3. The minimum atomic E-state index is -0.223. The van der Waals surface area contributed by atoms with Crippen LogP contribution in [0.4, 0.5) is 0 Å². The summed E-state index contributed by atoms with van der Waals surface area (Å²) in [6.45, 7) is 1.88. The van der Waals surface area contributed by atoms with Gasteiger partial charge < -0.3 is 5.11 Å². The average molecular weight is 260 g/mol. The number of hydrogen-bond acceptors (Lipinski definition) is 4. The Bertz CT molecular complexity index is 590. The first-order valence-electron chi connectivity index (χ1n) is 5.33. The highest BCUT2D eigenvalue weighted by molar-refractivity contribution is 7.12. The highest BCUT2D eigenvalue weighted by Crippen LogP contribution is 2.15. The Labute approximate surface area is 109 Å². The second-order valence-electron chi connectivity index (χ2n) is 3.73. The number of hydrazone groups is 1. The lowest BCUT2D eigenvalue weighted by Crippen LogP contribution is -2.17. The predicted molar refractivity (Wildman–Crippen MR) is 72.2 cm³/mol. The van der Waals surface area contributed by atoms with Gasteiger partial charge in [0.1, 0.15) is 5.75 Å². The first-order chi connectivity index (χ1) is 8.66. The lowest BCUT2D eigenvalue weighted by atomic mass is 10.2. The fourth-order valence-corrected chi connectivity index (χ4v) is 2.24. The summed E-state index contributed by atoms with van der Waals surface area (Å²) in [7, 11) is 0. The number of hydrogen-bond donors (Lipinski definition) is 2. The van der Waals surface area contributed by atoms with Gasteiger partial charge in [0.25, 0.3) is 5.91 Å². The second-order valence-corrected chi connectivity index (χ2v) is 4.64. The number of carbonyl (C=O) groups is 1. The topological polar surface area (TPSA) is 61.7 Å². The average Bonchev–Trinajstić information content (AvgIpc) is 2.75. The third kappa shape index (κ3) is 2.95. The summed E-state index contributed by atoms with van der Waals surface area (Å²) in [5.74, 6) is -0.0571. The number of nitrogens with one attached hydrogen (secondary N) is 1. The standard InChI is InChI=1S/C13H12N2O2S/c1-9-5-6-18-12(9)13(17)15-14-8-10-3-2-4-11(16)7-10/h2-8,16H,1H3,(H,15,17)/b14-8+. The van der Waals surface area contributed by atoms with Crippen molar-refractivity contribution in [3.63, 3.8) is 0 Å². The molecule has 0 fully saturated rings. The molecule has 1 amide bonds. The molecule has 0 aliphatic heterocycles. The fourth-order valence-electron chi connectivity index (χ4n) is 1.43. The van der Waals surface area contributed by atoms with E-state index in [0.717, 1.165) is 11.1 Å². The zero-order valence-corrected chi connectivity index (χ0v) is 10.6. The minimum Gasteiger partial charge on any atom is -0.508 e. The van der Waals surface area contributed by atoms with Crippen LogP contribution in [0, 0.1) is 6.92 Å². The molecule has 92 valence electrons. The summed E-state index contributed by atoms with van der Waals surface area (Å²) in [4.78, 5) is 12.4. The number of carbonyl (C=O) groups excluding carboxylic acids is 1. The van der Waals surface area contributed by atoms with Gasteiger partial charge in [0.2, 0.25) is 0 Å². The van der Waals surface area contributed by atoms with E-state index >= 15 is 0 Å². The van der Waals surface area contributed by atoms with E-state index in [1.807, 2.05) is 18.4 Å². The maximum Gasteiger partial charge on any atom is 0.281 e. The summed E-state index contributed by atoms with van der Waals surface area (Å²) >= 11 is 1.38. The number of benzene rings is 1. The number of aromatic hydroxyl groups is 1. The molecule has 18 heavy (non-hydrogen) atoms. The van der Waals surface area contributed by atoms with Crippen molar-refractivity contribution < 1.29 is 9.90 Å². The van der Waals surface area contributed by atoms with Crippen LogP contribution in [0.3, 0.4) is 0 Å². The zero-order valence-electron chi connectivity index (χ0n) is 9.75. The van der Waals surface area contributed by atoms with Crippen molar-refractivity contribution >= 4 is 23.5 Å². The molecular formula is C13H12N2O2S. The van der Waals surface area contributed by atoms with Crippen LogP contribution in [0.15, 0.2) is 40.8 Å². The number of phenols is 1. The van der Waals surface area contributed by atoms with Crippen LogP contribution in [0.5, 0.6) is 5.75 Å². The first-order valence-corrected chi connectivity index (χ1v) is 6.21. The Morgan fingerprint density at radius 3 is 2.94 bits per heavy atom. The van der Waals surface area contributed by atoms with Gasteiger partial charge in [0, 0.05) is 0 Å². The van der Waals surface area contributed by atoms with Crippen LogP contribution in [-0.2, 0) is 0 Å². The molecule has 2 rings (SSSR count). The van der Waals surface area contributed by atoms with E-state index in [1.54, 1.807) is 24.3 Å². The Morgan fingerprint density at radius 2 is 2.28 bits per heavy atom. The minimum absolute atomic E-state index is 0.166. The van der Waals surface area contributed by atoms with Gasteiger partial charge in [-0.3, -0.25) is 4.79 Å². The molecule has 2 aromatic rings. The maximum atomic E-state index is 11.7. The van der Waals surface area contributed by atoms with E-state index in [4.69, 9.17) is 0 Å². The van der Waals surface area contributed by atoms with E-state index in [9.17, 15) is 9.90 Å². The fraction of sp³-hybridized carbons (Fsp3) is 0.0769. The molecule has 0 bridgehead atoms. The predicted octanol–water partition coefficient (Wildman–Crippen LogP) is 2.53. The number of aryl methyl sites for hydroxylation is 1. The summed E-state index contributed by atoms with van der Waals surface area (Å²) < 4.78 is 0. The van der Waals surface area contributed by atoms with Crippen LogP contribution < -0.4 is 5.43 Å². The summed E-state index contributed by atoms with van der Waals surface area (Å²) in [6, 6.07) is 8.52. The van der Waals surface area contributed by atoms with Crippen LogP contribution in [-0.4, -0.2) is 17.2 Å². The van der Waals surface area contributed by atoms with Crippen molar-refractivity contribution in [2.45, 2.75) is 6.92 Å². The Hall–Kier alpha value is -2.14. The van der Waals surface area contributed by atoms with Crippen molar-refractivity contribution in [1.82, 2.24) is 5.43 Å². The quantitative estimate of drug-likeness (QED) is 0.658. The molecule has 1 aromatic carbocycles. The molecule has 4 nitrogen and oxygen atoms in total. The molecule has 1 heterocycles. The van der Waals surface area contributed by atoms with Crippen molar-refractivity contribution in [2.24, 2.45) is 5.10 Å². The van der Waals surface area contributed by atoms with Crippen molar-refractivity contribution in [3.8, 4) is 5.75 Å². The largest absolute Gasteiger partial charge is 0.508 e. The summed E-state index contributed by atoms with van der Waals surface area (Å²) in [6.07, 6.45) is 1.49. The highest BCUT2D eigenvalue weighted by Gasteiger charge is 2.08. The molecule has 0 saturated carbocycles. The molecule has 0 atom stereocenters. The van der Waals surface area contributed by atoms with E-state index in [-0.39, 0.29) is 11.7 Å². The zero-order chi connectivity index (χ0) is 13.0. The van der Waals surface area contributed by atoms with Gasteiger partial charge in [0.15, 0.2) is 0 Å². The van der Waals surface area contributed by atoms with Crippen molar-refractivity contribution in [3.05, 3.63) is 51.7 Å². The summed E-state index contributed by atoms with van der Waals surface area (Å²) in [5, 5.41) is 15.0. The van der Waals surface area contributed by atoms with Crippen molar-refractivity contribution in [1.29, 1.82) is 0 Å². The van der Waals surface area contributed by atoms with Crippen LogP contribution in [0.25, 0.3) is 0 Å². The molecule has 2 N–H and O–H groups in total. The number of rotatable bonds is 3. The van der Waals surface area contributed by atoms with Gasteiger partial charge in [-0.25, -0.2) is 5.43 Å².